The average Bonchev–Trinajstić information content (AvgIpc) is 2.59. The quantitative estimate of drug-likeness (QED) is 0.720. The smallest absolute Gasteiger partial charge is 0.223 e. The van der Waals surface area contributed by atoms with Crippen LogP contribution in [0.5, 0.6) is 5.75 Å². The number of halogens is 2. The van der Waals surface area contributed by atoms with Gasteiger partial charge in [-0.3, -0.25) is 4.79 Å². The summed E-state index contributed by atoms with van der Waals surface area (Å²) in [5, 5.41) is 21.3. The summed E-state index contributed by atoms with van der Waals surface area (Å²) in [4.78, 5) is 12.3. The van der Waals surface area contributed by atoms with Gasteiger partial charge in [0.1, 0.15) is 0 Å². The van der Waals surface area contributed by atoms with Crippen molar-refractivity contribution in [1.82, 2.24) is 5.32 Å². The molecule has 0 heterocycles. The molecule has 25 heavy (non-hydrogen) atoms. The molecule has 2 aromatic rings. The summed E-state index contributed by atoms with van der Waals surface area (Å²) in [5.41, 5.74) is 1.26. The van der Waals surface area contributed by atoms with E-state index < -0.39 is 29.3 Å². The first-order valence-corrected chi connectivity index (χ1v) is 8.02. The van der Waals surface area contributed by atoms with E-state index in [1.807, 2.05) is 30.3 Å². The van der Waals surface area contributed by atoms with Crippen LogP contribution in [0, 0.1) is 17.6 Å². The Balaban J connectivity index is 1.97. The first-order chi connectivity index (χ1) is 11.9. The summed E-state index contributed by atoms with van der Waals surface area (Å²) in [5.74, 6) is -4.00. The fraction of sp³-hybridized carbons (Fsp3) is 0.316. The third-order valence-electron chi connectivity index (χ3n) is 3.96. The lowest BCUT2D eigenvalue weighted by Gasteiger charge is -2.19. The summed E-state index contributed by atoms with van der Waals surface area (Å²) in [6, 6.07) is 11.0. The maximum atomic E-state index is 13.4. The van der Waals surface area contributed by atoms with Gasteiger partial charge in [0.2, 0.25) is 5.91 Å². The van der Waals surface area contributed by atoms with Gasteiger partial charge in [-0.05, 0) is 36.1 Å². The zero-order chi connectivity index (χ0) is 18.4. The molecule has 6 heteroatoms. The number of hydrogen-bond acceptors (Lipinski definition) is 3. The molecule has 2 rings (SSSR count). The zero-order valence-electron chi connectivity index (χ0n) is 13.9. The molecule has 0 aliphatic carbocycles. The van der Waals surface area contributed by atoms with Crippen LogP contribution in [-0.4, -0.2) is 28.8 Å². The van der Waals surface area contributed by atoms with Crippen molar-refractivity contribution in [3.05, 3.63) is 65.2 Å². The predicted octanol–water partition coefficient (Wildman–Crippen LogP) is 2.57. The van der Waals surface area contributed by atoms with E-state index in [1.54, 1.807) is 6.92 Å². The summed E-state index contributed by atoms with van der Waals surface area (Å²) < 4.78 is 26.7. The van der Waals surface area contributed by atoms with Crippen molar-refractivity contribution in [2.24, 2.45) is 5.92 Å². The number of carbonyl (C=O) groups is 1. The second-order valence-corrected chi connectivity index (χ2v) is 6.09. The Labute approximate surface area is 145 Å². The third-order valence-corrected chi connectivity index (χ3v) is 3.96. The van der Waals surface area contributed by atoms with Crippen LogP contribution >= 0.6 is 0 Å². The van der Waals surface area contributed by atoms with Crippen molar-refractivity contribution in [3.8, 4) is 5.75 Å². The Hall–Kier alpha value is -2.47. The Kier molecular flexibility index (Phi) is 6.47. The van der Waals surface area contributed by atoms with Crippen LogP contribution in [0.25, 0.3) is 0 Å². The number of phenols is 1. The van der Waals surface area contributed by atoms with Gasteiger partial charge in [0, 0.05) is 5.92 Å². The minimum absolute atomic E-state index is 0.115. The lowest BCUT2D eigenvalue weighted by molar-refractivity contribution is -0.125. The van der Waals surface area contributed by atoms with Crippen molar-refractivity contribution in [1.29, 1.82) is 0 Å². The summed E-state index contributed by atoms with van der Waals surface area (Å²) in [6.07, 6.45) is 0.599. The monoisotopic (exact) mass is 349 g/mol. The number of benzene rings is 2. The number of amides is 1. The summed E-state index contributed by atoms with van der Waals surface area (Å²) >= 11 is 0. The molecule has 0 saturated carbocycles. The average molecular weight is 349 g/mol. The Bertz CT molecular complexity index is 699. The normalized spacial score (nSPS) is 13.3. The molecular formula is C19H21F2NO3. The number of carbonyl (C=O) groups excluding carboxylic acids is 1. The first-order valence-electron chi connectivity index (χ1n) is 8.02. The van der Waals surface area contributed by atoms with Gasteiger partial charge in [-0.2, -0.15) is 0 Å². The van der Waals surface area contributed by atoms with E-state index >= 15 is 0 Å². The van der Waals surface area contributed by atoms with Crippen molar-refractivity contribution >= 4 is 5.91 Å². The summed E-state index contributed by atoms with van der Waals surface area (Å²) in [6.45, 7) is 1.42. The minimum Gasteiger partial charge on any atom is -0.503 e. The van der Waals surface area contributed by atoms with Crippen LogP contribution < -0.4 is 5.32 Å². The molecule has 0 saturated heterocycles. The van der Waals surface area contributed by atoms with Gasteiger partial charge in [0.15, 0.2) is 17.4 Å². The number of aliphatic hydroxyl groups excluding tert-OH is 1. The molecule has 0 unspecified atom stereocenters. The Morgan fingerprint density at radius 3 is 2.24 bits per heavy atom. The number of nitrogens with one attached hydrogen (secondary N) is 1. The summed E-state index contributed by atoms with van der Waals surface area (Å²) in [7, 11) is 0. The molecule has 0 fully saturated rings. The lowest BCUT2D eigenvalue weighted by atomic mass is 9.99. The maximum Gasteiger partial charge on any atom is 0.223 e. The molecule has 2 atom stereocenters. The van der Waals surface area contributed by atoms with E-state index in [-0.39, 0.29) is 24.5 Å². The molecule has 0 aliphatic heterocycles. The van der Waals surface area contributed by atoms with E-state index in [0.29, 0.717) is 6.42 Å². The van der Waals surface area contributed by atoms with Crippen LogP contribution in [0.2, 0.25) is 0 Å². The first kappa shape index (κ1) is 18.9. The molecule has 134 valence electrons. The van der Waals surface area contributed by atoms with Gasteiger partial charge < -0.3 is 15.5 Å². The maximum absolute atomic E-state index is 13.4. The second-order valence-electron chi connectivity index (χ2n) is 6.09. The molecular weight excluding hydrogens is 328 g/mol. The van der Waals surface area contributed by atoms with Crippen LogP contribution in [0.4, 0.5) is 8.78 Å². The molecule has 1 amide bonds. The number of hydrogen-bond donors (Lipinski definition) is 3. The second kappa shape index (κ2) is 8.58. The van der Waals surface area contributed by atoms with E-state index in [2.05, 4.69) is 5.32 Å². The number of rotatable bonds is 7. The van der Waals surface area contributed by atoms with Gasteiger partial charge in [-0.25, -0.2) is 8.78 Å². The highest BCUT2D eigenvalue weighted by atomic mass is 19.1. The minimum atomic E-state index is -1.06. The molecule has 0 radical (unpaired) electrons. The van der Waals surface area contributed by atoms with Gasteiger partial charge in [-0.15, -0.1) is 0 Å². The van der Waals surface area contributed by atoms with Crippen LogP contribution in [0.3, 0.4) is 0 Å². The van der Waals surface area contributed by atoms with Crippen LogP contribution in [0.1, 0.15) is 18.1 Å². The largest absolute Gasteiger partial charge is 0.503 e. The van der Waals surface area contributed by atoms with Gasteiger partial charge >= 0.3 is 0 Å². The molecule has 0 spiro atoms. The number of aliphatic hydroxyl groups is 1. The number of aromatic hydroxyl groups is 1. The fourth-order valence-electron chi connectivity index (χ4n) is 2.59. The molecule has 2 aromatic carbocycles. The van der Waals surface area contributed by atoms with Gasteiger partial charge in [0.05, 0.1) is 12.6 Å². The van der Waals surface area contributed by atoms with E-state index in [9.17, 15) is 18.7 Å². The molecule has 3 N–H and O–H groups in total. The van der Waals surface area contributed by atoms with E-state index in [1.165, 1.54) is 0 Å². The molecule has 0 bridgehead atoms. The highest BCUT2D eigenvalue weighted by Crippen LogP contribution is 2.23. The van der Waals surface area contributed by atoms with Crippen LogP contribution in [0.15, 0.2) is 42.5 Å². The van der Waals surface area contributed by atoms with Crippen molar-refractivity contribution in [2.75, 3.05) is 6.61 Å². The predicted molar refractivity (Wildman–Crippen MR) is 90.1 cm³/mol. The number of phenolic OH excluding ortho intramolecular Hbond substituents is 1. The molecule has 0 aromatic heterocycles. The van der Waals surface area contributed by atoms with Crippen molar-refractivity contribution in [3.63, 3.8) is 0 Å². The highest BCUT2D eigenvalue weighted by Gasteiger charge is 2.19. The fourth-order valence-corrected chi connectivity index (χ4v) is 2.59. The topological polar surface area (TPSA) is 69.6 Å². The Morgan fingerprint density at radius 2 is 1.68 bits per heavy atom. The highest BCUT2D eigenvalue weighted by molar-refractivity contribution is 5.79. The standard InChI is InChI=1S/C19H21F2NO3/c1-12(7-14-9-16(20)18(24)17(21)10-14)19(25)22-15(11-23)8-13-5-3-2-4-6-13/h2-6,9-10,12,15,23-24H,7-8,11H2,1H3,(H,22,25)/t12-,15+/m0/s1. The molecule has 0 aliphatic rings. The zero-order valence-corrected chi connectivity index (χ0v) is 13.9. The van der Waals surface area contributed by atoms with Gasteiger partial charge in [0.25, 0.3) is 0 Å². The van der Waals surface area contributed by atoms with Gasteiger partial charge in [-0.1, -0.05) is 37.3 Å². The lowest BCUT2D eigenvalue weighted by Crippen LogP contribution is -2.42. The van der Waals surface area contributed by atoms with Crippen molar-refractivity contribution in [2.45, 2.75) is 25.8 Å². The van der Waals surface area contributed by atoms with Crippen molar-refractivity contribution < 1.29 is 23.8 Å². The van der Waals surface area contributed by atoms with Crippen LogP contribution in [-0.2, 0) is 17.6 Å². The molecule has 4 nitrogen and oxygen atoms in total. The third kappa shape index (κ3) is 5.26. The SMILES string of the molecule is C[C@@H](Cc1cc(F)c(O)c(F)c1)C(=O)N[C@@H](CO)Cc1ccccc1. The van der Waals surface area contributed by atoms with E-state index in [0.717, 1.165) is 17.7 Å². The Morgan fingerprint density at radius 1 is 1.08 bits per heavy atom. The van der Waals surface area contributed by atoms with E-state index in [4.69, 9.17) is 5.11 Å².